The summed E-state index contributed by atoms with van der Waals surface area (Å²) in [7, 11) is 0. The molecule has 0 bridgehead atoms. The maximum absolute atomic E-state index is 12.2. The molecule has 1 aliphatic carbocycles. The average molecular weight is 347 g/mol. The molecule has 0 saturated heterocycles. The van der Waals surface area contributed by atoms with E-state index in [2.05, 4.69) is 15.9 Å². The molecule has 0 unspecified atom stereocenters. The van der Waals surface area contributed by atoms with E-state index in [1.807, 2.05) is 0 Å². The molecule has 0 heterocycles. The largest absolute Gasteiger partial charge is 0.486 e. The van der Waals surface area contributed by atoms with Gasteiger partial charge in [0.1, 0.15) is 12.4 Å². The highest BCUT2D eigenvalue weighted by Crippen LogP contribution is 2.35. The molecule has 0 atom stereocenters. The second-order valence-corrected chi connectivity index (χ2v) is 5.10. The van der Waals surface area contributed by atoms with Crippen LogP contribution in [0.4, 0.5) is 8.78 Å². The molecule has 108 valence electrons. The molecule has 1 aliphatic rings. The zero-order chi connectivity index (χ0) is 14.7. The topological polar surface area (TPSA) is 35.5 Å². The molecule has 0 fully saturated rings. The molecule has 0 radical (unpaired) electrons. The van der Waals surface area contributed by atoms with Gasteiger partial charge in [0.15, 0.2) is 0 Å². The third-order valence-electron chi connectivity index (χ3n) is 2.81. The lowest BCUT2D eigenvalue weighted by atomic mass is 10.1. The van der Waals surface area contributed by atoms with E-state index in [0.29, 0.717) is 28.8 Å². The van der Waals surface area contributed by atoms with E-state index in [1.54, 1.807) is 25.1 Å². The monoisotopic (exact) mass is 346 g/mol. The summed E-state index contributed by atoms with van der Waals surface area (Å²) >= 11 is 3.28. The Kier molecular flexibility index (Phi) is 4.75. The lowest BCUT2D eigenvalue weighted by Gasteiger charge is -2.09. The van der Waals surface area contributed by atoms with Crippen LogP contribution in [0.1, 0.15) is 18.1 Å². The molecule has 2 rings (SSSR count). The highest BCUT2D eigenvalue weighted by molar-refractivity contribution is 9.10. The smallest absolute Gasteiger partial charge is 0.334 e. The van der Waals surface area contributed by atoms with Gasteiger partial charge in [-0.05, 0) is 52.2 Å². The van der Waals surface area contributed by atoms with Crippen LogP contribution in [0.2, 0.25) is 0 Å². The summed E-state index contributed by atoms with van der Waals surface area (Å²) in [5.41, 5.74) is 2.28. The highest BCUT2D eigenvalue weighted by Gasteiger charge is 2.21. The van der Waals surface area contributed by atoms with Crippen molar-refractivity contribution in [2.24, 2.45) is 0 Å². The third-order valence-corrected chi connectivity index (χ3v) is 3.43. The molecule has 6 heteroatoms. The van der Waals surface area contributed by atoms with Crippen LogP contribution in [0, 0.1) is 0 Å². The van der Waals surface area contributed by atoms with E-state index >= 15 is 0 Å². The van der Waals surface area contributed by atoms with Crippen LogP contribution in [-0.2, 0) is 16.0 Å². The summed E-state index contributed by atoms with van der Waals surface area (Å²) in [6, 6.07) is 3.42. The molecule has 0 saturated carbocycles. The number of benzene rings is 1. The molecule has 0 N–H and O–H groups in total. The van der Waals surface area contributed by atoms with Crippen LogP contribution in [-0.4, -0.2) is 25.6 Å². The van der Waals surface area contributed by atoms with Gasteiger partial charge >= 0.3 is 5.97 Å². The number of fused-ring (bicyclic) bond motifs is 1. The van der Waals surface area contributed by atoms with Gasteiger partial charge in [0.25, 0.3) is 6.43 Å². The standard InChI is InChI=1S/C14H13BrF2O3/c1-2-19-14(18)10-3-8-5-11(15)12(6-9(8)4-10)20-7-13(16)17/h4-6,13H,2-3,7H2,1H3. The molecule has 0 aliphatic heterocycles. The van der Waals surface area contributed by atoms with Gasteiger partial charge in [-0.3, -0.25) is 0 Å². The van der Waals surface area contributed by atoms with Crippen molar-refractivity contribution in [2.75, 3.05) is 13.2 Å². The van der Waals surface area contributed by atoms with Gasteiger partial charge in [-0.25, -0.2) is 13.6 Å². The predicted octanol–water partition coefficient (Wildman–Crippen LogP) is 3.60. The fourth-order valence-corrected chi connectivity index (χ4v) is 2.47. The van der Waals surface area contributed by atoms with Gasteiger partial charge in [-0.1, -0.05) is 0 Å². The normalized spacial score (nSPS) is 13.2. The minimum Gasteiger partial charge on any atom is -0.486 e. The van der Waals surface area contributed by atoms with Gasteiger partial charge in [0, 0.05) is 12.0 Å². The number of hydrogen-bond acceptors (Lipinski definition) is 3. The van der Waals surface area contributed by atoms with Crippen molar-refractivity contribution >= 4 is 28.0 Å². The van der Waals surface area contributed by atoms with E-state index < -0.39 is 13.0 Å². The maximum Gasteiger partial charge on any atom is 0.334 e. The van der Waals surface area contributed by atoms with Crippen molar-refractivity contribution in [1.29, 1.82) is 0 Å². The Hall–Kier alpha value is -1.43. The summed E-state index contributed by atoms with van der Waals surface area (Å²) in [5.74, 6) is -0.0136. The number of carbonyl (C=O) groups is 1. The Balaban J connectivity index is 2.19. The van der Waals surface area contributed by atoms with Gasteiger partial charge in [-0.15, -0.1) is 0 Å². The van der Waals surface area contributed by atoms with Gasteiger partial charge < -0.3 is 9.47 Å². The quantitative estimate of drug-likeness (QED) is 0.764. The van der Waals surface area contributed by atoms with Gasteiger partial charge in [0.05, 0.1) is 11.1 Å². The summed E-state index contributed by atoms with van der Waals surface area (Å²) in [6.45, 7) is 1.40. The summed E-state index contributed by atoms with van der Waals surface area (Å²) in [4.78, 5) is 11.7. The van der Waals surface area contributed by atoms with Crippen molar-refractivity contribution < 1.29 is 23.0 Å². The number of rotatable bonds is 5. The Morgan fingerprint density at radius 3 is 2.85 bits per heavy atom. The number of esters is 1. The number of carbonyl (C=O) groups excluding carboxylic acids is 1. The van der Waals surface area contributed by atoms with Crippen molar-refractivity contribution in [1.82, 2.24) is 0 Å². The van der Waals surface area contributed by atoms with Crippen molar-refractivity contribution in [3.8, 4) is 5.75 Å². The second kappa shape index (κ2) is 6.35. The molecular weight excluding hydrogens is 334 g/mol. The first-order valence-corrected chi connectivity index (χ1v) is 6.91. The van der Waals surface area contributed by atoms with E-state index in [1.165, 1.54) is 0 Å². The van der Waals surface area contributed by atoms with Gasteiger partial charge in [-0.2, -0.15) is 0 Å². The third kappa shape index (κ3) is 3.36. The highest BCUT2D eigenvalue weighted by atomic mass is 79.9. The fourth-order valence-electron chi connectivity index (χ4n) is 1.96. The summed E-state index contributed by atoms with van der Waals surface area (Å²) in [5, 5.41) is 0. The zero-order valence-electron chi connectivity index (χ0n) is 10.8. The van der Waals surface area contributed by atoms with Crippen LogP contribution in [0.25, 0.3) is 6.08 Å². The maximum atomic E-state index is 12.2. The van der Waals surface area contributed by atoms with Crippen LogP contribution in [0.15, 0.2) is 22.2 Å². The van der Waals surface area contributed by atoms with E-state index in [4.69, 9.17) is 9.47 Å². The van der Waals surface area contributed by atoms with Crippen LogP contribution in [0.5, 0.6) is 5.75 Å². The van der Waals surface area contributed by atoms with E-state index in [-0.39, 0.29) is 5.97 Å². The SMILES string of the molecule is CCOC(=O)C1=Cc2cc(OCC(F)F)c(Br)cc2C1. The average Bonchev–Trinajstić information content (AvgIpc) is 2.79. The molecule has 0 aromatic heterocycles. The lowest BCUT2D eigenvalue weighted by Crippen LogP contribution is -2.08. The Labute approximate surface area is 123 Å². The first-order valence-electron chi connectivity index (χ1n) is 6.12. The summed E-state index contributed by atoms with van der Waals surface area (Å²) < 4.78 is 34.9. The Bertz CT molecular complexity index is 556. The molecule has 3 nitrogen and oxygen atoms in total. The minimum absolute atomic E-state index is 0.318. The first kappa shape index (κ1) is 15.0. The Morgan fingerprint density at radius 2 is 2.20 bits per heavy atom. The first-order chi connectivity index (χ1) is 9.51. The minimum atomic E-state index is -2.53. The molecule has 1 aromatic carbocycles. The summed E-state index contributed by atoms with van der Waals surface area (Å²) in [6.07, 6.45) is -0.350. The van der Waals surface area contributed by atoms with Crippen molar-refractivity contribution in [3.63, 3.8) is 0 Å². The van der Waals surface area contributed by atoms with Crippen LogP contribution < -0.4 is 4.74 Å². The number of ether oxygens (including phenoxy) is 2. The number of hydrogen-bond donors (Lipinski definition) is 0. The van der Waals surface area contributed by atoms with Crippen LogP contribution in [0.3, 0.4) is 0 Å². The predicted molar refractivity (Wildman–Crippen MR) is 74.0 cm³/mol. The van der Waals surface area contributed by atoms with E-state index in [0.717, 1.165) is 11.1 Å². The fraction of sp³-hybridized carbons (Fsp3) is 0.357. The molecular formula is C14H13BrF2O3. The number of alkyl halides is 2. The number of halogens is 3. The molecule has 1 aromatic rings. The Morgan fingerprint density at radius 1 is 1.45 bits per heavy atom. The molecule has 0 spiro atoms. The zero-order valence-corrected chi connectivity index (χ0v) is 12.4. The van der Waals surface area contributed by atoms with Crippen LogP contribution >= 0.6 is 15.9 Å². The van der Waals surface area contributed by atoms with Crippen molar-refractivity contribution in [3.05, 3.63) is 33.3 Å². The van der Waals surface area contributed by atoms with Crippen molar-refractivity contribution in [2.45, 2.75) is 19.8 Å². The second-order valence-electron chi connectivity index (χ2n) is 4.25. The lowest BCUT2D eigenvalue weighted by molar-refractivity contribution is -0.138. The molecule has 0 amide bonds. The van der Waals surface area contributed by atoms with Gasteiger partial charge in [0.2, 0.25) is 0 Å². The van der Waals surface area contributed by atoms with E-state index in [9.17, 15) is 13.6 Å². The molecule has 20 heavy (non-hydrogen) atoms.